The van der Waals surface area contributed by atoms with E-state index in [1.54, 1.807) is 23.1 Å². The minimum absolute atomic E-state index is 0.0422. The van der Waals surface area contributed by atoms with E-state index in [1.807, 2.05) is 6.92 Å². The van der Waals surface area contributed by atoms with Gasteiger partial charge in [0, 0.05) is 22.6 Å². The van der Waals surface area contributed by atoms with Gasteiger partial charge in [0.25, 0.3) is 5.91 Å². The van der Waals surface area contributed by atoms with Crippen molar-refractivity contribution in [3.05, 3.63) is 33.3 Å². The Hall–Kier alpha value is -1.07. The van der Waals surface area contributed by atoms with E-state index in [9.17, 15) is 9.59 Å². The molecule has 1 aromatic carbocycles. The van der Waals surface area contributed by atoms with Crippen LogP contribution >= 0.6 is 27.5 Å². The summed E-state index contributed by atoms with van der Waals surface area (Å²) in [6.45, 7) is 2.54. The lowest BCUT2D eigenvalue weighted by atomic mass is 9.99. The Morgan fingerprint density at radius 2 is 2.11 bits per heavy atom. The van der Waals surface area contributed by atoms with Crippen molar-refractivity contribution in [2.45, 2.75) is 6.92 Å². The first kappa shape index (κ1) is 14.3. The first-order chi connectivity index (χ1) is 8.90. The molecule has 1 N–H and O–H groups in total. The molecule has 0 bridgehead atoms. The number of likely N-dealkylation sites (tertiary alicyclic amines) is 1. The summed E-state index contributed by atoms with van der Waals surface area (Å²) < 4.78 is 0.660. The summed E-state index contributed by atoms with van der Waals surface area (Å²) >= 11 is 9.20. The molecule has 1 heterocycles. The Labute approximate surface area is 124 Å². The van der Waals surface area contributed by atoms with E-state index < -0.39 is 11.9 Å². The Balaban J connectivity index is 2.22. The number of rotatable bonds is 2. The first-order valence-corrected chi connectivity index (χ1v) is 7.04. The number of nitrogens with zero attached hydrogens (tertiary/aromatic N) is 1. The lowest BCUT2D eigenvalue weighted by Gasteiger charge is -2.17. The van der Waals surface area contributed by atoms with Crippen molar-refractivity contribution >= 4 is 39.4 Å². The quantitative estimate of drug-likeness (QED) is 0.896. The number of carbonyl (C=O) groups excluding carboxylic acids is 1. The van der Waals surface area contributed by atoms with E-state index in [1.165, 1.54) is 0 Å². The average molecular weight is 347 g/mol. The lowest BCUT2D eigenvalue weighted by molar-refractivity contribution is -0.142. The molecule has 4 nitrogen and oxygen atoms in total. The van der Waals surface area contributed by atoms with Crippen molar-refractivity contribution in [1.82, 2.24) is 4.90 Å². The highest BCUT2D eigenvalue weighted by Gasteiger charge is 2.37. The van der Waals surface area contributed by atoms with E-state index in [0.29, 0.717) is 21.6 Å². The van der Waals surface area contributed by atoms with E-state index in [0.717, 1.165) is 0 Å². The molecule has 102 valence electrons. The van der Waals surface area contributed by atoms with Gasteiger partial charge in [0.05, 0.1) is 11.5 Å². The molecule has 6 heteroatoms. The zero-order valence-electron chi connectivity index (χ0n) is 10.3. The van der Waals surface area contributed by atoms with Gasteiger partial charge in [-0.05, 0) is 40.0 Å². The molecule has 2 rings (SSSR count). The number of amides is 1. The summed E-state index contributed by atoms with van der Waals surface area (Å²) in [4.78, 5) is 25.0. The zero-order valence-corrected chi connectivity index (χ0v) is 12.6. The van der Waals surface area contributed by atoms with Crippen LogP contribution in [0.4, 0.5) is 0 Å². The third-order valence-electron chi connectivity index (χ3n) is 3.38. The SMILES string of the molecule is C[C@@H]1CN(C(=O)c2cc(Cl)ccc2Br)C[C@H]1C(=O)O. The van der Waals surface area contributed by atoms with Crippen LogP contribution < -0.4 is 0 Å². The van der Waals surface area contributed by atoms with Crippen molar-refractivity contribution in [2.24, 2.45) is 11.8 Å². The minimum Gasteiger partial charge on any atom is -0.481 e. The fraction of sp³-hybridized carbons (Fsp3) is 0.385. The molecule has 1 saturated heterocycles. The van der Waals surface area contributed by atoms with E-state index in [4.69, 9.17) is 16.7 Å². The normalized spacial score (nSPS) is 22.6. The zero-order chi connectivity index (χ0) is 14.2. The topological polar surface area (TPSA) is 57.6 Å². The van der Waals surface area contributed by atoms with Crippen LogP contribution in [0, 0.1) is 11.8 Å². The Morgan fingerprint density at radius 3 is 2.68 bits per heavy atom. The van der Waals surface area contributed by atoms with Gasteiger partial charge in [0.1, 0.15) is 0 Å². The highest BCUT2D eigenvalue weighted by Crippen LogP contribution is 2.28. The van der Waals surface area contributed by atoms with Gasteiger partial charge in [-0.1, -0.05) is 18.5 Å². The van der Waals surface area contributed by atoms with Crippen LogP contribution in [0.2, 0.25) is 5.02 Å². The van der Waals surface area contributed by atoms with Gasteiger partial charge in [-0.3, -0.25) is 9.59 Å². The predicted octanol–water partition coefficient (Wildman–Crippen LogP) is 2.90. The molecular formula is C13H13BrClNO3. The number of hydrogen-bond donors (Lipinski definition) is 1. The monoisotopic (exact) mass is 345 g/mol. The Kier molecular flexibility index (Phi) is 4.16. The average Bonchev–Trinajstić information content (AvgIpc) is 2.74. The fourth-order valence-electron chi connectivity index (χ4n) is 2.29. The van der Waals surface area contributed by atoms with Crippen molar-refractivity contribution in [3.8, 4) is 0 Å². The van der Waals surface area contributed by atoms with Crippen molar-refractivity contribution in [2.75, 3.05) is 13.1 Å². The molecule has 0 radical (unpaired) electrons. The molecule has 1 fully saturated rings. The van der Waals surface area contributed by atoms with Crippen LogP contribution in [0.3, 0.4) is 0 Å². The maximum Gasteiger partial charge on any atom is 0.308 e. The van der Waals surface area contributed by atoms with Crippen LogP contribution in [-0.2, 0) is 4.79 Å². The number of hydrogen-bond acceptors (Lipinski definition) is 2. The molecule has 1 amide bonds. The lowest BCUT2D eigenvalue weighted by Crippen LogP contribution is -2.30. The third-order valence-corrected chi connectivity index (χ3v) is 4.30. The summed E-state index contributed by atoms with van der Waals surface area (Å²) in [5.41, 5.74) is 0.464. The van der Waals surface area contributed by atoms with Crippen LogP contribution in [0.15, 0.2) is 22.7 Å². The Bertz CT molecular complexity index is 535. The maximum atomic E-state index is 12.4. The summed E-state index contributed by atoms with van der Waals surface area (Å²) in [6, 6.07) is 4.99. The highest BCUT2D eigenvalue weighted by atomic mass is 79.9. The summed E-state index contributed by atoms with van der Waals surface area (Å²) in [6.07, 6.45) is 0. The number of benzene rings is 1. The minimum atomic E-state index is -0.854. The first-order valence-electron chi connectivity index (χ1n) is 5.87. The van der Waals surface area contributed by atoms with Crippen molar-refractivity contribution < 1.29 is 14.7 Å². The number of carboxylic acid groups (broad SMARTS) is 1. The van der Waals surface area contributed by atoms with Crippen molar-refractivity contribution in [3.63, 3.8) is 0 Å². The number of carboxylic acids is 1. The van der Waals surface area contributed by atoms with Gasteiger partial charge in [-0.25, -0.2) is 0 Å². The molecule has 0 spiro atoms. The van der Waals surface area contributed by atoms with Crippen LogP contribution in [-0.4, -0.2) is 35.0 Å². The molecule has 1 aromatic rings. The van der Waals surface area contributed by atoms with Gasteiger partial charge < -0.3 is 10.0 Å². The van der Waals surface area contributed by atoms with Crippen molar-refractivity contribution in [1.29, 1.82) is 0 Å². The molecule has 0 aromatic heterocycles. The predicted molar refractivity (Wildman–Crippen MR) is 75.3 cm³/mol. The molecule has 0 saturated carbocycles. The second kappa shape index (κ2) is 5.51. The number of carbonyl (C=O) groups is 2. The number of aliphatic carboxylic acids is 1. The molecule has 1 aliphatic heterocycles. The van der Waals surface area contributed by atoms with Gasteiger partial charge in [-0.15, -0.1) is 0 Å². The second-order valence-corrected chi connectivity index (χ2v) is 6.05. The summed E-state index contributed by atoms with van der Waals surface area (Å²) in [5.74, 6) is -1.58. The van der Waals surface area contributed by atoms with Gasteiger partial charge in [0.15, 0.2) is 0 Å². The Morgan fingerprint density at radius 1 is 1.42 bits per heavy atom. The van der Waals surface area contributed by atoms with Crippen LogP contribution in [0.1, 0.15) is 17.3 Å². The van der Waals surface area contributed by atoms with Gasteiger partial charge >= 0.3 is 5.97 Å². The highest BCUT2D eigenvalue weighted by molar-refractivity contribution is 9.10. The molecular weight excluding hydrogens is 334 g/mol. The summed E-state index contributed by atoms with van der Waals surface area (Å²) in [5, 5.41) is 9.56. The van der Waals surface area contributed by atoms with Crippen LogP contribution in [0.25, 0.3) is 0 Å². The molecule has 0 aliphatic carbocycles. The standard InChI is InChI=1S/C13H13BrClNO3/c1-7-5-16(6-10(7)13(18)19)12(17)9-4-8(15)2-3-11(9)14/h2-4,7,10H,5-6H2,1H3,(H,18,19)/t7-,10-/m1/s1. The smallest absolute Gasteiger partial charge is 0.308 e. The fourth-order valence-corrected chi connectivity index (χ4v) is 2.87. The third kappa shape index (κ3) is 2.92. The largest absolute Gasteiger partial charge is 0.481 e. The molecule has 2 atom stereocenters. The summed E-state index contributed by atoms with van der Waals surface area (Å²) in [7, 11) is 0. The van der Waals surface area contributed by atoms with Gasteiger partial charge in [-0.2, -0.15) is 0 Å². The van der Waals surface area contributed by atoms with E-state index >= 15 is 0 Å². The van der Waals surface area contributed by atoms with Crippen LogP contribution in [0.5, 0.6) is 0 Å². The maximum absolute atomic E-state index is 12.4. The van der Waals surface area contributed by atoms with E-state index in [2.05, 4.69) is 15.9 Å². The molecule has 19 heavy (non-hydrogen) atoms. The number of halogens is 2. The van der Waals surface area contributed by atoms with Gasteiger partial charge in [0.2, 0.25) is 0 Å². The second-order valence-electron chi connectivity index (χ2n) is 4.76. The molecule has 0 unspecified atom stereocenters. The van der Waals surface area contributed by atoms with E-state index in [-0.39, 0.29) is 18.4 Å². The molecule has 1 aliphatic rings.